The second kappa shape index (κ2) is 11.4. The zero-order valence-electron chi connectivity index (χ0n) is 18.9. The van der Waals surface area contributed by atoms with Crippen molar-refractivity contribution < 1.29 is 9.53 Å². The Balaban J connectivity index is 1.53. The lowest BCUT2D eigenvalue weighted by atomic mass is 10.1. The highest BCUT2D eigenvalue weighted by molar-refractivity contribution is 5.94. The van der Waals surface area contributed by atoms with Gasteiger partial charge in [-0.3, -0.25) is 4.79 Å². The Kier molecular flexibility index (Phi) is 8.33. The summed E-state index contributed by atoms with van der Waals surface area (Å²) in [6.45, 7) is 10.5. The van der Waals surface area contributed by atoms with E-state index in [9.17, 15) is 4.79 Å². The van der Waals surface area contributed by atoms with Crippen LogP contribution in [0.25, 0.3) is 0 Å². The molecule has 1 amide bonds. The van der Waals surface area contributed by atoms with Gasteiger partial charge in [0, 0.05) is 38.2 Å². The normalized spacial score (nSPS) is 12.8. The zero-order chi connectivity index (χ0) is 22.1. The van der Waals surface area contributed by atoms with E-state index in [1.807, 2.05) is 43.0 Å². The Morgan fingerprint density at radius 2 is 1.77 bits per heavy atom. The van der Waals surface area contributed by atoms with Crippen molar-refractivity contribution in [1.82, 2.24) is 15.5 Å². The van der Waals surface area contributed by atoms with Gasteiger partial charge in [-0.05, 0) is 62.1 Å². The van der Waals surface area contributed by atoms with Gasteiger partial charge in [-0.25, -0.2) is 4.99 Å². The Morgan fingerprint density at radius 3 is 2.48 bits per heavy atom. The quantitative estimate of drug-likeness (QED) is 0.480. The number of ether oxygens (including phenoxy) is 1. The highest BCUT2D eigenvalue weighted by atomic mass is 16.5. The molecule has 31 heavy (non-hydrogen) atoms. The first-order valence-corrected chi connectivity index (χ1v) is 11.3. The van der Waals surface area contributed by atoms with Crippen LogP contribution in [0, 0.1) is 0 Å². The van der Waals surface area contributed by atoms with E-state index in [1.54, 1.807) is 0 Å². The summed E-state index contributed by atoms with van der Waals surface area (Å²) in [5.41, 5.74) is 4.41. The van der Waals surface area contributed by atoms with Gasteiger partial charge in [0.15, 0.2) is 5.96 Å². The summed E-state index contributed by atoms with van der Waals surface area (Å²) < 4.78 is 5.58. The van der Waals surface area contributed by atoms with Gasteiger partial charge in [0.05, 0.1) is 13.2 Å². The van der Waals surface area contributed by atoms with Crippen molar-refractivity contribution in [3.05, 3.63) is 64.7 Å². The fourth-order valence-corrected chi connectivity index (χ4v) is 3.68. The maximum Gasteiger partial charge on any atom is 0.253 e. The SMILES string of the molecule is CCNC(=NCc1ccc(C(=O)N(CC)CC)cc1)NCCc1ccc2c(c1)CCO2. The van der Waals surface area contributed by atoms with Crippen LogP contribution in [-0.2, 0) is 19.4 Å². The highest BCUT2D eigenvalue weighted by Crippen LogP contribution is 2.25. The van der Waals surface area contributed by atoms with Crippen molar-refractivity contribution in [2.45, 2.75) is 40.2 Å². The topological polar surface area (TPSA) is 66.0 Å². The van der Waals surface area contributed by atoms with Crippen LogP contribution in [0.1, 0.15) is 47.8 Å². The molecule has 0 spiro atoms. The Labute approximate surface area is 185 Å². The molecule has 3 rings (SSSR count). The number of aliphatic imine (C=N–C) groups is 1. The first-order valence-electron chi connectivity index (χ1n) is 11.3. The molecule has 1 aliphatic heterocycles. The number of hydrogen-bond acceptors (Lipinski definition) is 3. The predicted octanol–water partition coefficient (Wildman–Crippen LogP) is 3.40. The summed E-state index contributed by atoms with van der Waals surface area (Å²) in [4.78, 5) is 19.0. The number of benzene rings is 2. The molecule has 6 nitrogen and oxygen atoms in total. The lowest BCUT2D eigenvalue weighted by Crippen LogP contribution is -2.38. The van der Waals surface area contributed by atoms with Gasteiger partial charge in [-0.15, -0.1) is 0 Å². The number of nitrogens with zero attached hydrogens (tertiary/aromatic N) is 2. The van der Waals surface area contributed by atoms with Crippen LogP contribution in [0.5, 0.6) is 5.75 Å². The van der Waals surface area contributed by atoms with Crippen LogP contribution >= 0.6 is 0 Å². The molecule has 2 N–H and O–H groups in total. The second-order valence-corrected chi connectivity index (χ2v) is 7.59. The smallest absolute Gasteiger partial charge is 0.253 e. The van der Waals surface area contributed by atoms with Crippen LogP contribution in [0.15, 0.2) is 47.5 Å². The van der Waals surface area contributed by atoms with Crippen LogP contribution in [0.3, 0.4) is 0 Å². The second-order valence-electron chi connectivity index (χ2n) is 7.59. The summed E-state index contributed by atoms with van der Waals surface area (Å²) in [7, 11) is 0. The van der Waals surface area contributed by atoms with E-state index in [2.05, 4.69) is 35.8 Å². The van der Waals surface area contributed by atoms with Gasteiger partial charge in [0.2, 0.25) is 0 Å². The lowest BCUT2D eigenvalue weighted by molar-refractivity contribution is 0.0773. The van der Waals surface area contributed by atoms with Gasteiger partial charge in [0.1, 0.15) is 5.75 Å². The molecule has 1 aliphatic rings. The molecule has 0 atom stereocenters. The molecule has 0 unspecified atom stereocenters. The van der Waals surface area contributed by atoms with Crippen LogP contribution in [-0.4, -0.2) is 49.6 Å². The number of nitrogens with one attached hydrogen (secondary N) is 2. The minimum Gasteiger partial charge on any atom is -0.493 e. The molecule has 0 bridgehead atoms. The molecule has 0 saturated carbocycles. The average molecular weight is 423 g/mol. The number of guanidine groups is 1. The van der Waals surface area contributed by atoms with Gasteiger partial charge in [-0.2, -0.15) is 0 Å². The first kappa shape index (κ1) is 22.7. The fourth-order valence-electron chi connectivity index (χ4n) is 3.68. The molecule has 6 heteroatoms. The van der Waals surface area contributed by atoms with Crippen molar-refractivity contribution in [2.24, 2.45) is 4.99 Å². The molecule has 0 aromatic heterocycles. The number of hydrogen-bond donors (Lipinski definition) is 2. The summed E-state index contributed by atoms with van der Waals surface area (Å²) in [5.74, 6) is 1.90. The monoisotopic (exact) mass is 422 g/mol. The molecule has 0 aliphatic carbocycles. The number of rotatable bonds is 9. The summed E-state index contributed by atoms with van der Waals surface area (Å²) in [5, 5.41) is 6.71. The van der Waals surface area contributed by atoms with Gasteiger partial charge in [-0.1, -0.05) is 24.3 Å². The number of carbonyl (C=O) groups is 1. The summed E-state index contributed by atoms with van der Waals surface area (Å²) in [6.07, 6.45) is 1.93. The standard InChI is InChI=1S/C25H34N4O2/c1-4-26-25(27-15-13-19-9-12-23-22(17-19)14-16-31-23)28-18-20-7-10-21(11-8-20)24(30)29(5-2)6-3/h7-12,17H,4-6,13-16,18H2,1-3H3,(H2,26,27,28). The molecule has 1 heterocycles. The summed E-state index contributed by atoms with van der Waals surface area (Å²) >= 11 is 0. The number of fused-ring (bicyclic) bond motifs is 1. The summed E-state index contributed by atoms with van der Waals surface area (Å²) in [6, 6.07) is 14.2. The zero-order valence-corrected chi connectivity index (χ0v) is 18.9. The Morgan fingerprint density at radius 1 is 1.03 bits per heavy atom. The molecular weight excluding hydrogens is 388 g/mol. The van der Waals surface area contributed by atoms with E-state index in [-0.39, 0.29) is 5.91 Å². The molecule has 2 aromatic rings. The Hall–Kier alpha value is -3.02. The van der Waals surface area contributed by atoms with Crippen molar-refractivity contribution in [3.63, 3.8) is 0 Å². The van der Waals surface area contributed by atoms with Crippen molar-refractivity contribution in [2.75, 3.05) is 32.8 Å². The number of amides is 1. The van der Waals surface area contributed by atoms with E-state index < -0.39 is 0 Å². The minimum atomic E-state index is 0.0770. The van der Waals surface area contributed by atoms with Gasteiger partial charge >= 0.3 is 0 Å². The third-order valence-corrected chi connectivity index (χ3v) is 5.48. The van der Waals surface area contributed by atoms with E-state index in [0.29, 0.717) is 6.54 Å². The van der Waals surface area contributed by atoms with Crippen molar-refractivity contribution >= 4 is 11.9 Å². The minimum absolute atomic E-state index is 0.0770. The molecule has 2 aromatic carbocycles. The van der Waals surface area contributed by atoms with Crippen LogP contribution in [0.4, 0.5) is 0 Å². The van der Waals surface area contributed by atoms with E-state index in [0.717, 1.165) is 68.5 Å². The maximum atomic E-state index is 12.4. The number of carbonyl (C=O) groups excluding carboxylic acids is 1. The largest absolute Gasteiger partial charge is 0.493 e. The fraction of sp³-hybridized carbons (Fsp3) is 0.440. The first-order chi connectivity index (χ1) is 15.1. The van der Waals surface area contributed by atoms with Gasteiger partial charge in [0.25, 0.3) is 5.91 Å². The van der Waals surface area contributed by atoms with E-state index in [1.165, 1.54) is 11.1 Å². The van der Waals surface area contributed by atoms with Gasteiger partial charge < -0.3 is 20.3 Å². The predicted molar refractivity (Wildman–Crippen MR) is 126 cm³/mol. The highest BCUT2D eigenvalue weighted by Gasteiger charge is 2.13. The van der Waals surface area contributed by atoms with Crippen molar-refractivity contribution in [1.29, 1.82) is 0 Å². The van der Waals surface area contributed by atoms with Crippen molar-refractivity contribution in [3.8, 4) is 5.75 Å². The molecule has 166 valence electrons. The van der Waals surface area contributed by atoms with E-state index in [4.69, 9.17) is 9.73 Å². The Bertz CT molecular complexity index is 889. The lowest BCUT2D eigenvalue weighted by Gasteiger charge is -2.18. The third kappa shape index (κ3) is 6.23. The molecule has 0 saturated heterocycles. The van der Waals surface area contributed by atoms with Crippen LogP contribution in [0.2, 0.25) is 0 Å². The molecule has 0 fully saturated rings. The molecule has 0 radical (unpaired) electrons. The molecular formula is C25H34N4O2. The average Bonchev–Trinajstić information content (AvgIpc) is 3.26. The van der Waals surface area contributed by atoms with Crippen LogP contribution < -0.4 is 15.4 Å². The maximum absolute atomic E-state index is 12.4. The third-order valence-electron chi connectivity index (χ3n) is 5.48. The van der Waals surface area contributed by atoms with E-state index >= 15 is 0 Å².